The van der Waals surface area contributed by atoms with E-state index in [4.69, 9.17) is 5.73 Å². The number of fused-ring (bicyclic) bond motifs is 1. The van der Waals surface area contributed by atoms with Gasteiger partial charge in [-0.25, -0.2) is 4.52 Å². The quantitative estimate of drug-likeness (QED) is 0.311. The van der Waals surface area contributed by atoms with Gasteiger partial charge in [0, 0.05) is 56.3 Å². The van der Waals surface area contributed by atoms with Crippen molar-refractivity contribution in [2.45, 2.75) is 52.3 Å². The number of rotatable bonds is 8. The van der Waals surface area contributed by atoms with Crippen molar-refractivity contribution in [1.82, 2.24) is 39.6 Å². The molecule has 228 valence electrons. The van der Waals surface area contributed by atoms with E-state index >= 15 is 0 Å². The Balaban J connectivity index is 1.51. The monoisotopic (exact) mass is 597 g/mol. The summed E-state index contributed by atoms with van der Waals surface area (Å²) >= 11 is 0. The molecule has 1 unspecified atom stereocenters. The van der Waals surface area contributed by atoms with Gasteiger partial charge in [-0.3, -0.25) is 19.3 Å². The molecule has 43 heavy (non-hydrogen) atoms. The summed E-state index contributed by atoms with van der Waals surface area (Å²) in [5.74, 6) is -0.0150. The maximum Gasteiger partial charge on any atom is 0.433 e. The second-order valence-electron chi connectivity index (χ2n) is 11.1. The number of carbonyl (C=O) groups is 2. The van der Waals surface area contributed by atoms with Gasteiger partial charge < -0.3 is 16.0 Å². The first-order valence-corrected chi connectivity index (χ1v) is 14.2. The van der Waals surface area contributed by atoms with Crippen LogP contribution in [0.15, 0.2) is 43.0 Å². The van der Waals surface area contributed by atoms with Crippen LogP contribution in [-0.2, 0) is 11.0 Å². The molecule has 0 bridgehead atoms. The number of likely N-dealkylation sites (tertiary alicyclic amines) is 1. The smallest absolute Gasteiger partial charge is 0.366 e. The lowest BCUT2D eigenvalue weighted by molar-refractivity contribution is -0.141. The highest BCUT2D eigenvalue weighted by molar-refractivity contribution is 6.01. The zero-order valence-electron chi connectivity index (χ0n) is 24.2. The van der Waals surface area contributed by atoms with Crippen LogP contribution in [0.2, 0.25) is 0 Å². The number of aromatic nitrogens is 6. The lowest BCUT2D eigenvalue weighted by atomic mass is 9.85. The largest absolute Gasteiger partial charge is 0.433 e. The van der Waals surface area contributed by atoms with Crippen molar-refractivity contribution in [3.05, 3.63) is 59.8 Å². The molecule has 0 radical (unpaired) electrons. The molecule has 0 aromatic carbocycles. The number of nitrogens with zero attached hydrogens (tertiary/aromatic N) is 7. The van der Waals surface area contributed by atoms with E-state index in [1.54, 1.807) is 34.2 Å². The predicted molar refractivity (Wildman–Crippen MR) is 153 cm³/mol. The SMILES string of the molecule is CCC(C)CNC(=O)c1cc(-c2cnn([C@H](c3ccc(C(F)(F)F)nc3)C3CCN(C(C)=O)CC3)c2)cn2nc(N)nc12. The van der Waals surface area contributed by atoms with Crippen molar-refractivity contribution in [2.75, 3.05) is 25.4 Å². The molecule has 14 heteroatoms. The Morgan fingerprint density at radius 3 is 2.51 bits per heavy atom. The molecule has 1 aliphatic rings. The number of amides is 2. The molecule has 0 aliphatic carbocycles. The van der Waals surface area contributed by atoms with E-state index in [1.165, 1.54) is 23.7 Å². The maximum atomic E-state index is 13.3. The number of nitrogens with one attached hydrogen (secondary N) is 1. The molecule has 5 rings (SSSR count). The van der Waals surface area contributed by atoms with Crippen LogP contribution in [0.5, 0.6) is 0 Å². The first-order chi connectivity index (χ1) is 20.4. The highest BCUT2D eigenvalue weighted by Crippen LogP contribution is 2.36. The summed E-state index contributed by atoms with van der Waals surface area (Å²) in [5.41, 5.74) is 7.39. The Bertz CT molecular complexity index is 1610. The molecule has 4 aromatic rings. The number of halogens is 3. The van der Waals surface area contributed by atoms with Crippen LogP contribution in [0.4, 0.5) is 19.1 Å². The van der Waals surface area contributed by atoms with Crippen molar-refractivity contribution in [2.24, 2.45) is 11.8 Å². The fourth-order valence-electron chi connectivity index (χ4n) is 5.39. The number of alkyl halides is 3. The van der Waals surface area contributed by atoms with Crippen molar-refractivity contribution in [1.29, 1.82) is 0 Å². The van der Waals surface area contributed by atoms with Crippen molar-refractivity contribution < 1.29 is 22.8 Å². The fourth-order valence-corrected chi connectivity index (χ4v) is 5.39. The van der Waals surface area contributed by atoms with Gasteiger partial charge in [0.25, 0.3) is 5.91 Å². The summed E-state index contributed by atoms with van der Waals surface area (Å²) in [4.78, 5) is 34.8. The minimum absolute atomic E-state index is 0.0126. The van der Waals surface area contributed by atoms with Gasteiger partial charge in [-0.05, 0) is 42.4 Å². The van der Waals surface area contributed by atoms with E-state index in [1.807, 2.05) is 13.8 Å². The lowest BCUT2D eigenvalue weighted by Crippen LogP contribution is -2.39. The average Bonchev–Trinajstić information content (AvgIpc) is 3.61. The minimum Gasteiger partial charge on any atom is -0.366 e. The van der Waals surface area contributed by atoms with Crippen LogP contribution in [0.25, 0.3) is 16.8 Å². The molecule has 0 saturated carbocycles. The molecular formula is C29H34F3N9O2. The van der Waals surface area contributed by atoms with Gasteiger partial charge in [0.2, 0.25) is 11.9 Å². The number of nitrogen functional groups attached to an aromatic ring is 1. The number of hydrogen-bond acceptors (Lipinski definition) is 7. The van der Waals surface area contributed by atoms with Crippen LogP contribution < -0.4 is 11.1 Å². The van der Waals surface area contributed by atoms with Crippen molar-refractivity contribution >= 4 is 23.4 Å². The lowest BCUT2D eigenvalue weighted by Gasteiger charge is -2.36. The molecule has 3 N–H and O–H groups in total. The first kappa shape index (κ1) is 30.0. The number of piperidine rings is 1. The third kappa shape index (κ3) is 6.47. The van der Waals surface area contributed by atoms with E-state index in [2.05, 4.69) is 25.5 Å². The Morgan fingerprint density at radius 1 is 1.14 bits per heavy atom. The van der Waals surface area contributed by atoms with Gasteiger partial charge in [-0.1, -0.05) is 26.3 Å². The summed E-state index contributed by atoms with van der Waals surface area (Å²) in [6.45, 7) is 7.19. The normalized spacial score (nSPS) is 15.9. The molecule has 2 atom stereocenters. The number of hydrogen-bond donors (Lipinski definition) is 2. The highest BCUT2D eigenvalue weighted by atomic mass is 19.4. The number of nitrogens with two attached hydrogens (primary N) is 1. The summed E-state index contributed by atoms with van der Waals surface area (Å²) in [5, 5.41) is 11.8. The Labute approximate surface area is 246 Å². The van der Waals surface area contributed by atoms with Crippen LogP contribution in [0.1, 0.15) is 67.7 Å². The van der Waals surface area contributed by atoms with Crippen molar-refractivity contribution in [3.63, 3.8) is 0 Å². The zero-order chi connectivity index (χ0) is 30.9. The van der Waals surface area contributed by atoms with Gasteiger partial charge in [-0.2, -0.15) is 23.3 Å². The highest BCUT2D eigenvalue weighted by Gasteiger charge is 2.34. The Hall–Kier alpha value is -4.49. The van der Waals surface area contributed by atoms with Gasteiger partial charge in [0.15, 0.2) is 5.65 Å². The predicted octanol–water partition coefficient (Wildman–Crippen LogP) is 4.21. The third-order valence-electron chi connectivity index (χ3n) is 8.07. The Morgan fingerprint density at radius 2 is 1.88 bits per heavy atom. The average molecular weight is 598 g/mol. The van der Waals surface area contributed by atoms with E-state index < -0.39 is 17.9 Å². The molecule has 4 aromatic heterocycles. The molecule has 1 aliphatic heterocycles. The molecule has 1 saturated heterocycles. The molecule has 0 spiro atoms. The zero-order valence-corrected chi connectivity index (χ0v) is 24.2. The number of anilines is 1. The van der Waals surface area contributed by atoms with Gasteiger partial charge in [0.1, 0.15) is 5.69 Å². The van der Waals surface area contributed by atoms with Gasteiger partial charge in [-0.15, -0.1) is 5.10 Å². The van der Waals surface area contributed by atoms with Crippen LogP contribution in [0.3, 0.4) is 0 Å². The van der Waals surface area contributed by atoms with Crippen LogP contribution >= 0.6 is 0 Å². The molecule has 5 heterocycles. The van der Waals surface area contributed by atoms with Crippen molar-refractivity contribution in [3.8, 4) is 11.1 Å². The second kappa shape index (κ2) is 12.0. The molecular weight excluding hydrogens is 563 g/mol. The third-order valence-corrected chi connectivity index (χ3v) is 8.07. The first-order valence-electron chi connectivity index (χ1n) is 14.2. The summed E-state index contributed by atoms with van der Waals surface area (Å²) in [6.07, 6.45) is 4.02. The summed E-state index contributed by atoms with van der Waals surface area (Å²) < 4.78 is 42.9. The Kier molecular flexibility index (Phi) is 8.38. The van der Waals surface area contributed by atoms with E-state index in [0.717, 1.165) is 12.5 Å². The number of carbonyl (C=O) groups excluding carboxylic acids is 2. The minimum atomic E-state index is -4.55. The van der Waals surface area contributed by atoms with E-state index in [9.17, 15) is 22.8 Å². The van der Waals surface area contributed by atoms with Gasteiger partial charge >= 0.3 is 6.18 Å². The van der Waals surface area contributed by atoms with Crippen LogP contribution in [-0.4, -0.2) is 65.7 Å². The molecule has 11 nitrogen and oxygen atoms in total. The molecule has 2 amide bonds. The van der Waals surface area contributed by atoms with E-state index in [-0.39, 0.29) is 23.7 Å². The summed E-state index contributed by atoms with van der Waals surface area (Å²) in [7, 11) is 0. The summed E-state index contributed by atoms with van der Waals surface area (Å²) in [6, 6.07) is 3.69. The van der Waals surface area contributed by atoms with Gasteiger partial charge in [0.05, 0.1) is 17.8 Å². The fraction of sp³-hybridized carbons (Fsp3) is 0.448. The topological polar surface area (TPSA) is 136 Å². The van der Waals surface area contributed by atoms with Crippen LogP contribution in [0, 0.1) is 11.8 Å². The number of pyridine rings is 2. The standard InChI is InChI=1S/C29H34F3N9O2/c1-4-17(2)12-35-27(43)23-11-21(15-41-26(23)37-28(33)38-41)22-14-36-40(16-22)25(19-7-9-39(10-8-19)18(3)42)20-5-6-24(34-13-20)29(30,31)32/h5-6,11,13-17,19,25H,4,7-10,12H2,1-3H3,(H2,33,38)(H,35,43)/t17?,25-/m0/s1. The second-order valence-corrected chi connectivity index (χ2v) is 11.1. The maximum absolute atomic E-state index is 13.3. The van der Waals surface area contributed by atoms with E-state index in [0.29, 0.717) is 66.3 Å². The molecule has 1 fully saturated rings.